The highest BCUT2D eigenvalue weighted by Gasteiger charge is 2.33. The SMILES string of the molecule is C=CC[C@H](NC(=O)OC(C)(C)C)C(=O)N[C@@H](CC1CC=C(c2ccccc2)CC1)[C@@H](O)[C@@H](O)CC(C)C. The minimum absolute atomic E-state index is 0.189. The van der Waals surface area contributed by atoms with Crippen LogP contribution in [0.5, 0.6) is 0 Å². The van der Waals surface area contributed by atoms with Crippen LogP contribution >= 0.6 is 0 Å². The van der Waals surface area contributed by atoms with Gasteiger partial charge >= 0.3 is 6.09 Å². The van der Waals surface area contributed by atoms with Gasteiger partial charge in [-0.3, -0.25) is 4.79 Å². The molecule has 37 heavy (non-hydrogen) atoms. The van der Waals surface area contributed by atoms with E-state index in [0.717, 1.165) is 19.3 Å². The summed E-state index contributed by atoms with van der Waals surface area (Å²) in [6, 6.07) is 8.73. The Bertz CT molecular complexity index is 906. The Hall–Kier alpha value is -2.64. The zero-order valence-electron chi connectivity index (χ0n) is 23.1. The average Bonchev–Trinajstić information content (AvgIpc) is 2.82. The number of allylic oxidation sites excluding steroid dienone is 2. The third kappa shape index (κ3) is 10.7. The molecule has 206 valence electrons. The summed E-state index contributed by atoms with van der Waals surface area (Å²) in [5, 5.41) is 27.3. The predicted molar refractivity (Wildman–Crippen MR) is 148 cm³/mol. The number of benzene rings is 1. The first kappa shape index (κ1) is 30.6. The van der Waals surface area contributed by atoms with Crippen molar-refractivity contribution in [2.75, 3.05) is 0 Å². The number of hydrogen-bond acceptors (Lipinski definition) is 5. The highest BCUT2D eigenvalue weighted by atomic mass is 16.6. The molecule has 5 atom stereocenters. The topological polar surface area (TPSA) is 108 Å². The molecule has 1 aliphatic rings. The van der Waals surface area contributed by atoms with Crippen LogP contribution in [0.3, 0.4) is 0 Å². The fourth-order valence-corrected chi connectivity index (χ4v) is 4.68. The molecule has 2 rings (SSSR count). The largest absolute Gasteiger partial charge is 0.444 e. The van der Waals surface area contributed by atoms with Crippen LogP contribution in [-0.4, -0.2) is 52.1 Å². The van der Waals surface area contributed by atoms with E-state index < -0.39 is 41.9 Å². The molecular weight excluding hydrogens is 468 g/mol. The van der Waals surface area contributed by atoms with Crippen molar-refractivity contribution >= 4 is 17.6 Å². The molecular formula is C30H46N2O5. The van der Waals surface area contributed by atoms with E-state index in [4.69, 9.17) is 4.74 Å². The van der Waals surface area contributed by atoms with Gasteiger partial charge in [-0.2, -0.15) is 0 Å². The van der Waals surface area contributed by atoms with E-state index in [0.29, 0.717) is 12.8 Å². The second kappa shape index (κ2) is 14.3. The number of carbonyl (C=O) groups excluding carboxylic acids is 2. The van der Waals surface area contributed by atoms with Crippen LogP contribution in [0.1, 0.15) is 78.7 Å². The molecule has 0 saturated carbocycles. The Morgan fingerprint density at radius 3 is 2.38 bits per heavy atom. The Morgan fingerprint density at radius 2 is 1.84 bits per heavy atom. The quantitative estimate of drug-likeness (QED) is 0.294. The molecule has 1 unspecified atom stereocenters. The van der Waals surface area contributed by atoms with E-state index in [1.165, 1.54) is 11.1 Å². The fraction of sp³-hybridized carbons (Fsp3) is 0.600. The molecule has 0 spiro atoms. The van der Waals surface area contributed by atoms with Crippen LogP contribution in [0.25, 0.3) is 5.57 Å². The fourth-order valence-electron chi connectivity index (χ4n) is 4.68. The van der Waals surface area contributed by atoms with Gasteiger partial charge in [0, 0.05) is 0 Å². The Balaban J connectivity index is 2.14. The molecule has 0 aromatic heterocycles. The summed E-state index contributed by atoms with van der Waals surface area (Å²) < 4.78 is 5.31. The van der Waals surface area contributed by atoms with E-state index in [1.54, 1.807) is 26.8 Å². The number of aliphatic hydroxyl groups excluding tert-OH is 2. The van der Waals surface area contributed by atoms with Crippen LogP contribution in [-0.2, 0) is 9.53 Å². The van der Waals surface area contributed by atoms with Crippen molar-refractivity contribution in [3.8, 4) is 0 Å². The van der Waals surface area contributed by atoms with Crippen molar-refractivity contribution < 1.29 is 24.5 Å². The van der Waals surface area contributed by atoms with Gasteiger partial charge < -0.3 is 25.6 Å². The van der Waals surface area contributed by atoms with Crippen LogP contribution in [0.2, 0.25) is 0 Å². The molecule has 1 aromatic carbocycles. The number of aliphatic hydroxyl groups is 2. The minimum Gasteiger partial charge on any atom is -0.444 e. The lowest BCUT2D eigenvalue weighted by Gasteiger charge is -2.33. The summed E-state index contributed by atoms with van der Waals surface area (Å²) in [6.07, 6.45) is 4.81. The van der Waals surface area contributed by atoms with Crippen LogP contribution in [0.15, 0.2) is 49.1 Å². The van der Waals surface area contributed by atoms with Crippen molar-refractivity contribution in [3.05, 3.63) is 54.6 Å². The van der Waals surface area contributed by atoms with E-state index in [1.807, 2.05) is 32.0 Å². The average molecular weight is 515 g/mol. The number of alkyl carbamates (subject to hydrolysis) is 1. The van der Waals surface area contributed by atoms with Crippen molar-refractivity contribution in [2.45, 2.75) is 103 Å². The molecule has 7 nitrogen and oxygen atoms in total. The molecule has 0 fully saturated rings. The van der Waals surface area contributed by atoms with Gasteiger partial charge in [-0.15, -0.1) is 6.58 Å². The molecule has 1 aliphatic carbocycles. The highest BCUT2D eigenvalue weighted by Crippen LogP contribution is 2.33. The van der Waals surface area contributed by atoms with Crippen LogP contribution in [0, 0.1) is 11.8 Å². The number of carbonyl (C=O) groups is 2. The Kier molecular flexibility index (Phi) is 11.9. The van der Waals surface area contributed by atoms with Crippen molar-refractivity contribution in [1.29, 1.82) is 0 Å². The summed E-state index contributed by atoms with van der Waals surface area (Å²) in [5.74, 6) is -0.00684. The third-order valence-electron chi connectivity index (χ3n) is 6.51. The van der Waals surface area contributed by atoms with Crippen molar-refractivity contribution in [1.82, 2.24) is 10.6 Å². The van der Waals surface area contributed by atoms with Crippen LogP contribution < -0.4 is 10.6 Å². The molecule has 2 amide bonds. The zero-order valence-corrected chi connectivity index (χ0v) is 23.1. The Morgan fingerprint density at radius 1 is 1.16 bits per heavy atom. The van der Waals surface area contributed by atoms with Gasteiger partial charge in [0.15, 0.2) is 0 Å². The number of ether oxygens (including phenoxy) is 1. The van der Waals surface area contributed by atoms with Gasteiger partial charge in [0.2, 0.25) is 5.91 Å². The normalized spacial score (nSPS) is 19.2. The standard InChI is InChI=1S/C30H46N2O5/c1-7-11-24(32-29(36)37-30(4,5)6)28(35)31-25(27(34)26(33)18-20(2)3)19-21-14-16-23(17-15-21)22-12-9-8-10-13-22/h7-10,12-13,16,20-21,24-27,33-34H,1,11,14-15,17-19H2,2-6H3,(H,31,35)(H,32,36)/t21?,24-,25-,26-,27+/m0/s1. The monoisotopic (exact) mass is 514 g/mol. The van der Waals surface area contributed by atoms with Crippen molar-refractivity contribution in [2.24, 2.45) is 11.8 Å². The third-order valence-corrected chi connectivity index (χ3v) is 6.51. The highest BCUT2D eigenvalue weighted by molar-refractivity contribution is 5.86. The lowest BCUT2D eigenvalue weighted by Crippen LogP contribution is -2.55. The molecule has 4 N–H and O–H groups in total. The van der Waals surface area contributed by atoms with E-state index in [-0.39, 0.29) is 18.3 Å². The molecule has 0 aliphatic heterocycles. The zero-order chi connectivity index (χ0) is 27.6. The molecule has 7 heteroatoms. The molecule has 1 aromatic rings. The molecule has 0 radical (unpaired) electrons. The first-order chi connectivity index (χ1) is 17.4. The van der Waals surface area contributed by atoms with E-state index >= 15 is 0 Å². The van der Waals surface area contributed by atoms with Gasteiger partial charge in [0.05, 0.1) is 12.1 Å². The van der Waals surface area contributed by atoms with Gasteiger partial charge in [0.25, 0.3) is 0 Å². The number of rotatable bonds is 12. The van der Waals surface area contributed by atoms with Crippen LogP contribution in [0.4, 0.5) is 4.79 Å². The van der Waals surface area contributed by atoms with Gasteiger partial charge in [-0.25, -0.2) is 4.79 Å². The maximum Gasteiger partial charge on any atom is 0.408 e. The first-order valence-corrected chi connectivity index (χ1v) is 13.4. The summed E-state index contributed by atoms with van der Waals surface area (Å²) in [5.41, 5.74) is 1.83. The lowest BCUT2D eigenvalue weighted by molar-refractivity contribution is -0.125. The summed E-state index contributed by atoms with van der Waals surface area (Å²) in [7, 11) is 0. The van der Waals surface area contributed by atoms with Gasteiger partial charge in [0.1, 0.15) is 17.7 Å². The summed E-state index contributed by atoms with van der Waals surface area (Å²) in [6.45, 7) is 12.9. The summed E-state index contributed by atoms with van der Waals surface area (Å²) >= 11 is 0. The predicted octanol–water partition coefficient (Wildman–Crippen LogP) is 4.98. The molecule has 0 saturated heterocycles. The maximum atomic E-state index is 13.2. The lowest BCUT2D eigenvalue weighted by atomic mass is 9.81. The van der Waals surface area contributed by atoms with Gasteiger partial charge in [-0.1, -0.05) is 56.3 Å². The number of hydrogen-bond donors (Lipinski definition) is 4. The molecule has 0 heterocycles. The van der Waals surface area contributed by atoms with E-state index in [2.05, 4.69) is 35.4 Å². The second-order valence-corrected chi connectivity index (χ2v) is 11.5. The maximum absolute atomic E-state index is 13.2. The first-order valence-electron chi connectivity index (χ1n) is 13.4. The second-order valence-electron chi connectivity index (χ2n) is 11.5. The Labute approximate surface area is 222 Å². The van der Waals surface area contributed by atoms with Crippen molar-refractivity contribution in [3.63, 3.8) is 0 Å². The minimum atomic E-state index is -1.13. The van der Waals surface area contributed by atoms with E-state index in [9.17, 15) is 19.8 Å². The summed E-state index contributed by atoms with van der Waals surface area (Å²) in [4.78, 5) is 25.6. The number of amides is 2. The smallest absolute Gasteiger partial charge is 0.408 e. The van der Waals surface area contributed by atoms with Gasteiger partial charge in [-0.05, 0) is 82.3 Å². The molecule has 0 bridgehead atoms. The number of nitrogens with one attached hydrogen (secondary N) is 2.